The molecule has 0 aliphatic heterocycles. The fraction of sp³-hybridized carbons (Fsp3) is 0.516. The number of ether oxygens (including phenoxy) is 3. The number of unbranched alkanes of at least 4 members (excludes halogenated alkanes) is 4. The van der Waals surface area contributed by atoms with Crippen LogP contribution in [0.2, 0.25) is 0 Å². The average Bonchev–Trinajstić information content (AvgIpc) is 3.00. The highest BCUT2D eigenvalue weighted by Gasteiger charge is 2.23. The van der Waals surface area contributed by atoms with E-state index in [1.54, 1.807) is 12.1 Å². The van der Waals surface area contributed by atoms with Gasteiger partial charge in [-0.25, -0.2) is 4.79 Å². The molecule has 0 saturated carbocycles. The maximum Gasteiger partial charge on any atom is 0.407 e. The molecule has 42 heavy (non-hydrogen) atoms. The van der Waals surface area contributed by atoms with E-state index in [1.807, 2.05) is 48.5 Å². The Hall–Kier alpha value is -3.20. The third kappa shape index (κ3) is 16.9. The van der Waals surface area contributed by atoms with Crippen LogP contribution in [0.5, 0.6) is 5.75 Å². The Morgan fingerprint density at radius 1 is 0.762 bits per heavy atom. The largest absolute Gasteiger partial charge is 0.462 e. The van der Waals surface area contributed by atoms with Crippen LogP contribution in [-0.2, 0) is 39.5 Å². The number of rotatable bonds is 22. The molecular formula is C31H44NO9P. The molecule has 2 aromatic carbocycles. The fourth-order valence-electron chi connectivity index (χ4n) is 3.51. The Labute approximate surface area is 250 Å². The van der Waals surface area contributed by atoms with Gasteiger partial charge in [0, 0.05) is 19.4 Å². The van der Waals surface area contributed by atoms with Crippen molar-refractivity contribution in [3.63, 3.8) is 0 Å². The summed E-state index contributed by atoms with van der Waals surface area (Å²) in [6, 6.07) is 18.3. The van der Waals surface area contributed by atoms with Crippen LogP contribution >= 0.6 is 8.60 Å². The number of benzene rings is 2. The van der Waals surface area contributed by atoms with E-state index >= 15 is 0 Å². The van der Waals surface area contributed by atoms with Crippen LogP contribution in [0.25, 0.3) is 0 Å². The van der Waals surface area contributed by atoms with Gasteiger partial charge in [-0.3, -0.25) is 14.1 Å². The first-order valence-corrected chi connectivity index (χ1v) is 15.7. The number of carbonyl (C=O) groups excluding carboxylic acids is 3. The van der Waals surface area contributed by atoms with Crippen LogP contribution in [0.15, 0.2) is 60.7 Å². The average molecular weight is 606 g/mol. The van der Waals surface area contributed by atoms with E-state index in [0.29, 0.717) is 18.6 Å². The van der Waals surface area contributed by atoms with Gasteiger partial charge in [-0.2, -0.15) is 0 Å². The van der Waals surface area contributed by atoms with Gasteiger partial charge in [0.05, 0.1) is 13.2 Å². The lowest BCUT2D eigenvalue weighted by Crippen LogP contribution is -2.30. The molecule has 2 rings (SSSR count). The zero-order valence-corrected chi connectivity index (χ0v) is 25.6. The van der Waals surface area contributed by atoms with Crippen molar-refractivity contribution in [1.82, 2.24) is 5.32 Å². The summed E-state index contributed by atoms with van der Waals surface area (Å²) >= 11 is 0. The van der Waals surface area contributed by atoms with E-state index in [-0.39, 0.29) is 51.3 Å². The second-order valence-corrected chi connectivity index (χ2v) is 10.6. The molecule has 0 spiro atoms. The van der Waals surface area contributed by atoms with Crippen molar-refractivity contribution in [2.45, 2.75) is 77.9 Å². The van der Waals surface area contributed by atoms with Crippen LogP contribution in [0.3, 0.4) is 0 Å². The third-order valence-electron chi connectivity index (χ3n) is 5.77. The van der Waals surface area contributed by atoms with E-state index in [1.165, 1.54) is 0 Å². The summed E-state index contributed by atoms with van der Waals surface area (Å²) in [6.07, 6.45) is 4.46. The van der Waals surface area contributed by atoms with Crippen molar-refractivity contribution in [1.29, 1.82) is 0 Å². The Bertz CT molecular complexity index is 1010. The summed E-state index contributed by atoms with van der Waals surface area (Å²) in [5.41, 5.74) is 0.879. The number of hydrogen-bond donors (Lipinski definition) is 1. The Balaban J connectivity index is 1.89. The lowest BCUT2D eigenvalue weighted by Gasteiger charge is -2.22. The van der Waals surface area contributed by atoms with Crippen LogP contribution in [0.4, 0.5) is 4.79 Å². The number of esters is 2. The molecule has 11 heteroatoms. The normalized spacial score (nSPS) is 12.1. The van der Waals surface area contributed by atoms with Gasteiger partial charge in [0.2, 0.25) is 0 Å². The predicted molar refractivity (Wildman–Crippen MR) is 160 cm³/mol. The maximum absolute atomic E-state index is 12.4. The molecule has 2 atom stereocenters. The molecule has 0 bridgehead atoms. The molecule has 2 aromatic rings. The smallest absolute Gasteiger partial charge is 0.407 e. The molecule has 0 radical (unpaired) electrons. The first-order chi connectivity index (χ1) is 20.5. The zero-order chi connectivity index (χ0) is 30.3. The SMILES string of the molecule is CCCCCC(=O)OC[C@H](COP(OCCNC(=O)OCc1ccccc1)Oc1ccccc1)OC(=O)CCCCC. The number of amides is 1. The number of para-hydroxylation sites is 1. The monoisotopic (exact) mass is 605 g/mol. The molecule has 1 unspecified atom stereocenters. The van der Waals surface area contributed by atoms with Crippen LogP contribution < -0.4 is 9.84 Å². The summed E-state index contributed by atoms with van der Waals surface area (Å²) in [7, 11) is -1.94. The van der Waals surface area contributed by atoms with Gasteiger partial charge < -0.3 is 28.6 Å². The van der Waals surface area contributed by atoms with Gasteiger partial charge in [0.15, 0.2) is 6.10 Å². The summed E-state index contributed by atoms with van der Waals surface area (Å²) in [4.78, 5) is 36.6. The van der Waals surface area contributed by atoms with Gasteiger partial charge in [-0.05, 0) is 30.5 Å². The van der Waals surface area contributed by atoms with Crippen molar-refractivity contribution in [2.75, 3.05) is 26.4 Å². The molecule has 0 fully saturated rings. The highest BCUT2D eigenvalue weighted by molar-refractivity contribution is 7.42. The van der Waals surface area contributed by atoms with Gasteiger partial charge in [0.25, 0.3) is 0 Å². The van der Waals surface area contributed by atoms with Gasteiger partial charge in [0.1, 0.15) is 19.0 Å². The topological polar surface area (TPSA) is 119 Å². The van der Waals surface area contributed by atoms with Crippen molar-refractivity contribution >= 4 is 26.6 Å². The Morgan fingerprint density at radius 2 is 1.40 bits per heavy atom. The number of alkyl carbamates (subject to hydrolysis) is 1. The Morgan fingerprint density at radius 3 is 2.07 bits per heavy atom. The van der Waals surface area contributed by atoms with Crippen LogP contribution in [0.1, 0.15) is 70.8 Å². The predicted octanol–water partition coefficient (Wildman–Crippen LogP) is 6.87. The minimum absolute atomic E-state index is 0.0763. The lowest BCUT2D eigenvalue weighted by molar-refractivity contribution is -0.161. The number of nitrogens with one attached hydrogen (secondary N) is 1. The standard InChI is InChI=1S/C31H44NO9P/c1-3-5-9-19-29(33)36-24-28(40-30(34)20-10-6-4-2)25-39-42(41-27-17-13-8-14-18-27)38-22-21-32-31(35)37-23-26-15-11-7-12-16-26/h7-8,11-18,28H,3-6,9-10,19-25H2,1-2H3,(H,32,35)/t28-,42?/m1/s1. The highest BCUT2D eigenvalue weighted by Crippen LogP contribution is 2.40. The first-order valence-electron chi connectivity index (χ1n) is 14.6. The molecule has 1 N–H and O–H groups in total. The fourth-order valence-corrected chi connectivity index (χ4v) is 4.51. The molecule has 10 nitrogen and oxygen atoms in total. The van der Waals surface area contributed by atoms with Crippen molar-refractivity contribution < 1.29 is 42.2 Å². The quantitative estimate of drug-likeness (QED) is 0.0664. The third-order valence-corrected chi connectivity index (χ3v) is 6.88. The number of carbonyl (C=O) groups is 3. The minimum Gasteiger partial charge on any atom is -0.462 e. The molecule has 0 heterocycles. The van der Waals surface area contributed by atoms with Gasteiger partial charge in [-0.1, -0.05) is 88.1 Å². The van der Waals surface area contributed by atoms with Crippen molar-refractivity contribution in [3.05, 3.63) is 66.2 Å². The summed E-state index contributed by atoms with van der Waals surface area (Å²) in [6.45, 7) is 4.26. The van der Waals surface area contributed by atoms with E-state index in [9.17, 15) is 14.4 Å². The first kappa shape index (κ1) is 35.0. The molecule has 0 aliphatic carbocycles. The van der Waals surface area contributed by atoms with E-state index in [2.05, 4.69) is 19.2 Å². The highest BCUT2D eigenvalue weighted by atomic mass is 31.2. The van der Waals surface area contributed by atoms with Crippen molar-refractivity contribution in [2.24, 2.45) is 0 Å². The lowest BCUT2D eigenvalue weighted by atomic mass is 10.2. The Kier molecular flexibility index (Phi) is 18.7. The zero-order valence-electron chi connectivity index (χ0n) is 24.7. The molecule has 0 aliphatic rings. The molecule has 232 valence electrons. The molecule has 0 aromatic heterocycles. The second kappa shape index (κ2) is 22.4. The summed E-state index contributed by atoms with van der Waals surface area (Å²) in [5.74, 6) is -0.208. The van der Waals surface area contributed by atoms with Crippen molar-refractivity contribution in [3.8, 4) is 5.75 Å². The molecular weight excluding hydrogens is 561 g/mol. The van der Waals surface area contributed by atoms with Gasteiger partial charge in [-0.15, -0.1) is 0 Å². The van der Waals surface area contributed by atoms with E-state index in [0.717, 1.165) is 37.7 Å². The summed E-state index contributed by atoms with van der Waals surface area (Å²) < 4.78 is 33.7. The summed E-state index contributed by atoms with van der Waals surface area (Å²) in [5, 5.41) is 2.63. The van der Waals surface area contributed by atoms with Crippen LogP contribution in [0, 0.1) is 0 Å². The second-order valence-electron chi connectivity index (χ2n) is 9.45. The minimum atomic E-state index is -1.94. The molecule has 1 amide bonds. The maximum atomic E-state index is 12.4. The van der Waals surface area contributed by atoms with Gasteiger partial charge >= 0.3 is 26.6 Å². The molecule has 0 saturated heterocycles. The van der Waals surface area contributed by atoms with E-state index in [4.69, 9.17) is 27.8 Å². The number of hydrogen-bond acceptors (Lipinski definition) is 9. The van der Waals surface area contributed by atoms with E-state index < -0.39 is 20.8 Å². The van der Waals surface area contributed by atoms with Crippen LogP contribution in [-0.4, -0.2) is 50.5 Å².